The van der Waals surface area contributed by atoms with E-state index < -0.39 is 0 Å². The molecule has 4 nitrogen and oxygen atoms in total. The van der Waals surface area contributed by atoms with E-state index in [4.69, 9.17) is 14.2 Å². The SMILES string of the molecule is C=CCCOCCNCCOCCCOC. The van der Waals surface area contributed by atoms with Gasteiger partial charge in [0.1, 0.15) is 0 Å². The van der Waals surface area contributed by atoms with Crippen LogP contribution in [0.25, 0.3) is 0 Å². The predicted octanol–water partition coefficient (Wildman–Crippen LogP) is 1.22. The van der Waals surface area contributed by atoms with Gasteiger partial charge in [0.25, 0.3) is 0 Å². The van der Waals surface area contributed by atoms with Crippen LogP contribution in [0, 0.1) is 0 Å². The molecule has 1 N–H and O–H groups in total. The van der Waals surface area contributed by atoms with E-state index in [1.54, 1.807) is 7.11 Å². The van der Waals surface area contributed by atoms with E-state index in [9.17, 15) is 0 Å². The lowest BCUT2D eigenvalue weighted by molar-refractivity contribution is 0.101. The third-order valence-corrected chi connectivity index (χ3v) is 1.95. The Morgan fingerprint density at radius 1 is 1.00 bits per heavy atom. The summed E-state index contributed by atoms with van der Waals surface area (Å²) in [6.07, 6.45) is 3.74. The lowest BCUT2D eigenvalue weighted by Gasteiger charge is -2.06. The van der Waals surface area contributed by atoms with Gasteiger partial charge in [0.05, 0.1) is 19.8 Å². The zero-order valence-electron chi connectivity index (χ0n) is 10.4. The molecule has 0 aromatic rings. The van der Waals surface area contributed by atoms with E-state index in [0.29, 0.717) is 0 Å². The molecule has 96 valence electrons. The molecule has 0 aliphatic rings. The second-order valence-corrected chi connectivity index (χ2v) is 3.40. The molecule has 0 rings (SSSR count). The Morgan fingerprint density at radius 3 is 2.31 bits per heavy atom. The number of nitrogens with one attached hydrogen (secondary N) is 1. The normalized spacial score (nSPS) is 10.6. The minimum absolute atomic E-state index is 0.746. The van der Waals surface area contributed by atoms with Crippen LogP contribution in [0.2, 0.25) is 0 Å². The van der Waals surface area contributed by atoms with E-state index in [0.717, 1.165) is 59.0 Å². The molecular formula is C12H25NO3. The van der Waals surface area contributed by atoms with Crippen LogP contribution in [-0.2, 0) is 14.2 Å². The van der Waals surface area contributed by atoms with Gasteiger partial charge in [-0.3, -0.25) is 0 Å². The first-order chi connectivity index (χ1) is 7.91. The largest absolute Gasteiger partial charge is 0.385 e. The third-order valence-electron chi connectivity index (χ3n) is 1.95. The maximum Gasteiger partial charge on any atom is 0.0591 e. The molecule has 0 saturated carbocycles. The summed E-state index contributed by atoms with van der Waals surface area (Å²) in [6.45, 7) is 9.17. The topological polar surface area (TPSA) is 39.7 Å². The molecule has 0 aromatic carbocycles. The highest BCUT2D eigenvalue weighted by atomic mass is 16.5. The van der Waals surface area contributed by atoms with Crippen LogP contribution in [0.4, 0.5) is 0 Å². The summed E-state index contributed by atoms with van der Waals surface area (Å²) in [6, 6.07) is 0. The van der Waals surface area contributed by atoms with Crippen molar-refractivity contribution in [2.45, 2.75) is 12.8 Å². The van der Waals surface area contributed by atoms with Crippen LogP contribution in [0.3, 0.4) is 0 Å². The van der Waals surface area contributed by atoms with Crippen molar-refractivity contribution in [3.8, 4) is 0 Å². The van der Waals surface area contributed by atoms with E-state index in [1.165, 1.54) is 0 Å². The van der Waals surface area contributed by atoms with E-state index >= 15 is 0 Å². The molecular weight excluding hydrogens is 206 g/mol. The average Bonchev–Trinajstić information content (AvgIpc) is 2.31. The van der Waals surface area contributed by atoms with Crippen molar-refractivity contribution in [1.29, 1.82) is 0 Å². The minimum Gasteiger partial charge on any atom is -0.385 e. The molecule has 0 amide bonds. The maximum absolute atomic E-state index is 5.38. The number of rotatable bonds is 13. The third kappa shape index (κ3) is 13.6. The molecule has 0 radical (unpaired) electrons. The van der Waals surface area contributed by atoms with Crippen LogP contribution in [0.15, 0.2) is 12.7 Å². The first-order valence-electron chi connectivity index (χ1n) is 5.88. The van der Waals surface area contributed by atoms with Gasteiger partial charge in [0, 0.05) is 33.4 Å². The molecule has 16 heavy (non-hydrogen) atoms. The summed E-state index contributed by atoms with van der Waals surface area (Å²) in [4.78, 5) is 0. The van der Waals surface area contributed by atoms with Crippen molar-refractivity contribution in [2.24, 2.45) is 0 Å². The standard InChI is InChI=1S/C12H25NO3/c1-3-4-9-15-11-6-13-7-12-16-10-5-8-14-2/h3,13H,1,4-12H2,2H3. The van der Waals surface area contributed by atoms with Crippen LogP contribution in [0.5, 0.6) is 0 Å². The fraction of sp³-hybridized carbons (Fsp3) is 0.833. The number of hydrogen-bond donors (Lipinski definition) is 1. The highest BCUT2D eigenvalue weighted by molar-refractivity contribution is 4.64. The molecule has 0 heterocycles. The lowest BCUT2D eigenvalue weighted by atomic mass is 10.4. The Morgan fingerprint density at radius 2 is 1.69 bits per heavy atom. The molecule has 0 unspecified atom stereocenters. The summed E-state index contributed by atoms with van der Waals surface area (Å²) < 4.78 is 15.6. The van der Waals surface area contributed by atoms with Gasteiger partial charge in [-0.15, -0.1) is 6.58 Å². The molecule has 0 aliphatic heterocycles. The Balaban J connectivity index is 2.85. The number of ether oxygens (including phenoxy) is 3. The van der Waals surface area contributed by atoms with Crippen LogP contribution >= 0.6 is 0 Å². The van der Waals surface area contributed by atoms with Gasteiger partial charge < -0.3 is 19.5 Å². The fourth-order valence-electron chi connectivity index (χ4n) is 1.09. The molecule has 0 bridgehead atoms. The molecule has 0 aromatic heterocycles. The first-order valence-corrected chi connectivity index (χ1v) is 5.88. The first kappa shape index (κ1) is 15.6. The van der Waals surface area contributed by atoms with Crippen molar-refractivity contribution in [3.63, 3.8) is 0 Å². The van der Waals surface area contributed by atoms with Crippen molar-refractivity contribution < 1.29 is 14.2 Å². The van der Waals surface area contributed by atoms with Crippen LogP contribution in [-0.4, -0.2) is 53.2 Å². The highest BCUT2D eigenvalue weighted by Crippen LogP contribution is 1.83. The molecule has 0 spiro atoms. The maximum atomic E-state index is 5.38. The van der Waals surface area contributed by atoms with Crippen molar-refractivity contribution >= 4 is 0 Å². The van der Waals surface area contributed by atoms with E-state index in [1.807, 2.05) is 6.08 Å². The predicted molar refractivity (Wildman–Crippen MR) is 65.8 cm³/mol. The molecule has 4 heteroatoms. The number of hydrogen-bond acceptors (Lipinski definition) is 4. The monoisotopic (exact) mass is 231 g/mol. The van der Waals surface area contributed by atoms with Crippen LogP contribution in [0.1, 0.15) is 12.8 Å². The average molecular weight is 231 g/mol. The van der Waals surface area contributed by atoms with Gasteiger partial charge in [-0.1, -0.05) is 6.08 Å². The Kier molecular flexibility index (Phi) is 14.2. The van der Waals surface area contributed by atoms with Crippen molar-refractivity contribution in [1.82, 2.24) is 5.32 Å². The lowest BCUT2D eigenvalue weighted by Crippen LogP contribution is -2.24. The second kappa shape index (κ2) is 14.6. The zero-order chi connectivity index (χ0) is 11.9. The van der Waals surface area contributed by atoms with Crippen molar-refractivity contribution in [3.05, 3.63) is 12.7 Å². The smallest absolute Gasteiger partial charge is 0.0591 e. The zero-order valence-corrected chi connectivity index (χ0v) is 10.4. The molecule has 0 aliphatic carbocycles. The van der Waals surface area contributed by atoms with Gasteiger partial charge in [-0.2, -0.15) is 0 Å². The summed E-state index contributed by atoms with van der Waals surface area (Å²) in [5.74, 6) is 0. The Labute approximate surface area is 99.0 Å². The van der Waals surface area contributed by atoms with Crippen LogP contribution < -0.4 is 5.32 Å². The quantitative estimate of drug-likeness (QED) is 0.382. The van der Waals surface area contributed by atoms with Gasteiger partial charge in [0.15, 0.2) is 0 Å². The van der Waals surface area contributed by atoms with E-state index in [2.05, 4.69) is 11.9 Å². The number of methoxy groups -OCH3 is 1. The fourth-order valence-corrected chi connectivity index (χ4v) is 1.09. The Bertz CT molecular complexity index is 142. The summed E-state index contributed by atoms with van der Waals surface area (Å²) >= 11 is 0. The molecule has 0 saturated heterocycles. The van der Waals surface area contributed by atoms with Crippen molar-refractivity contribution in [2.75, 3.05) is 53.2 Å². The summed E-state index contributed by atoms with van der Waals surface area (Å²) in [7, 11) is 1.70. The molecule has 0 atom stereocenters. The van der Waals surface area contributed by atoms with E-state index in [-0.39, 0.29) is 0 Å². The second-order valence-electron chi connectivity index (χ2n) is 3.40. The Hall–Kier alpha value is -0.420. The van der Waals surface area contributed by atoms with Gasteiger partial charge in [-0.05, 0) is 12.8 Å². The minimum atomic E-state index is 0.746. The van der Waals surface area contributed by atoms with Gasteiger partial charge in [0.2, 0.25) is 0 Å². The van der Waals surface area contributed by atoms with Gasteiger partial charge in [-0.25, -0.2) is 0 Å². The molecule has 0 fully saturated rings. The summed E-state index contributed by atoms with van der Waals surface area (Å²) in [5, 5.41) is 3.25. The highest BCUT2D eigenvalue weighted by Gasteiger charge is 1.90. The summed E-state index contributed by atoms with van der Waals surface area (Å²) in [5.41, 5.74) is 0. The van der Waals surface area contributed by atoms with Gasteiger partial charge >= 0.3 is 0 Å².